The molecule has 0 bridgehead atoms. The largest absolute Gasteiger partial charge is 0.310 e. The number of benzene rings is 18. The summed E-state index contributed by atoms with van der Waals surface area (Å²) >= 11 is 3.72. The second kappa shape index (κ2) is 27.5. The standard InChI is InChI=1S/C104H68N2S2/c1-2-17-69(18-3-1)70-39-41-72(42-40-70)75-51-57-85(58-52-75)105(87-25-10-21-79(63-87)81-56-62-103-100(67-81)98-31-7-9-38-102(98)107-103)90-28-13-24-84(66-90)94-34-16-35-95-92(33-15-36-96(94)95)78-49-47-74(48-50-78)71-43-45-73(46-44-71)76-53-59-86(60-54-76)106(89-27-12-23-83(65-89)93-32-14-20-77-19-4-5-29-91(77)93)88-26-11-22-80(64-88)82-55-61-99-97-30-6-8-37-101(97)108-104(99)68-82/h1-68H. The van der Waals surface area contributed by atoms with Crippen LogP contribution in [0.5, 0.6) is 0 Å². The number of anilines is 6. The van der Waals surface area contributed by atoms with Gasteiger partial charge in [-0.05, 0) is 225 Å². The van der Waals surface area contributed by atoms with Crippen LogP contribution in [-0.4, -0.2) is 0 Å². The maximum atomic E-state index is 2.41. The molecule has 0 radical (unpaired) electrons. The van der Waals surface area contributed by atoms with Crippen molar-refractivity contribution >= 4 is 119 Å². The van der Waals surface area contributed by atoms with Crippen LogP contribution < -0.4 is 9.80 Å². The van der Waals surface area contributed by atoms with Gasteiger partial charge in [0.15, 0.2) is 0 Å². The summed E-state index contributed by atoms with van der Waals surface area (Å²) in [7, 11) is 0. The van der Waals surface area contributed by atoms with Crippen LogP contribution in [0.25, 0.3) is 162 Å². The van der Waals surface area contributed by atoms with Crippen LogP contribution in [0.2, 0.25) is 0 Å². The summed E-state index contributed by atoms with van der Waals surface area (Å²) in [6, 6.07) is 152. The van der Waals surface area contributed by atoms with Gasteiger partial charge in [-0.15, -0.1) is 22.7 Å². The molecule has 2 aromatic heterocycles. The highest BCUT2D eigenvalue weighted by atomic mass is 32.1. The Kier molecular flexibility index (Phi) is 16.4. The molecule has 0 atom stereocenters. The second-order valence-corrected chi connectivity index (χ2v) is 30.1. The van der Waals surface area contributed by atoms with Crippen molar-refractivity contribution in [2.75, 3.05) is 9.80 Å². The van der Waals surface area contributed by atoms with E-state index in [1.165, 1.54) is 145 Å². The minimum Gasteiger partial charge on any atom is -0.310 e. The molecule has 2 heterocycles. The van der Waals surface area contributed by atoms with Crippen molar-refractivity contribution in [2.45, 2.75) is 0 Å². The van der Waals surface area contributed by atoms with Gasteiger partial charge in [0.1, 0.15) is 0 Å². The van der Waals surface area contributed by atoms with E-state index in [1.54, 1.807) is 0 Å². The average Bonchev–Trinajstić information content (AvgIpc) is 1.67. The van der Waals surface area contributed by atoms with E-state index in [9.17, 15) is 0 Å². The zero-order valence-electron chi connectivity index (χ0n) is 59.0. The molecule has 0 amide bonds. The van der Waals surface area contributed by atoms with E-state index in [1.807, 2.05) is 22.7 Å². The van der Waals surface area contributed by atoms with Crippen LogP contribution in [-0.2, 0) is 0 Å². The third-order valence-electron chi connectivity index (χ3n) is 21.5. The van der Waals surface area contributed by atoms with Crippen molar-refractivity contribution in [3.63, 3.8) is 0 Å². The topological polar surface area (TPSA) is 6.48 Å². The number of rotatable bonds is 15. The van der Waals surface area contributed by atoms with Gasteiger partial charge in [0.25, 0.3) is 0 Å². The molecule has 20 aromatic rings. The Balaban J connectivity index is 0.587. The molecule has 18 aromatic carbocycles. The lowest BCUT2D eigenvalue weighted by atomic mass is 9.92. The highest BCUT2D eigenvalue weighted by molar-refractivity contribution is 7.26. The quantitative estimate of drug-likeness (QED) is 0.101. The predicted octanol–water partition coefficient (Wildman–Crippen LogP) is 30.7. The van der Waals surface area contributed by atoms with Crippen LogP contribution in [0.15, 0.2) is 413 Å². The Morgan fingerprint density at radius 1 is 0.139 bits per heavy atom. The van der Waals surface area contributed by atoms with E-state index in [2.05, 4.69) is 422 Å². The lowest BCUT2D eigenvalue weighted by molar-refractivity contribution is 1.28. The molecule has 2 nitrogen and oxygen atoms in total. The molecule has 0 fully saturated rings. The molecule has 506 valence electrons. The summed E-state index contributed by atoms with van der Waals surface area (Å²) in [4.78, 5) is 4.81. The molecule has 4 heteroatoms. The van der Waals surface area contributed by atoms with Gasteiger partial charge in [0, 0.05) is 74.5 Å². The Hall–Kier alpha value is -13.5. The van der Waals surface area contributed by atoms with E-state index in [-0.39, 0.29) is 0 Å². The summed E-state index contributed by atoms with van der Waals surface area (Å²) < 4.78 is 5.23. The predicted molar refractivity (Wildman–Crippen MR) is 466 cm³/mol. The van der Waals surface area contributed by atoms with Crippen LogP contribution in [0.1, 0.15) is 0 Å². The van der Waals surface area contributed by atoms with Gasteiger partial charge in [0.2, 0.25) is 0 Å². The molecule has 0 unspecified atom stereocenters. The first-order valence-electron chi connectivity index (χ1n) is 36.9. The smallest absolute Gasteiger partial charge is 0.0467 e. The summed E-state index contributed by atoms with van der Waals surface area (Å²) in [5, 5.41) is 10.1. The van der Waals surface area contributed by atoms with Crippen molar-refractivity contribution in [1.82, 2.24) is 0 Å². The summed E-state index contributed by atoms with van der Waals surface area (Å²) in [5.74, 6) is 0. The zero-order chi connectivity index (χ0) is 71.4. The molecule has 0 saturated carbocycles. The fourth-order valence-corrected chi connectivity index (χ4v) is 18.3. The SMILES string of the molecule is c1ccc(-c2ccc(-c3ccc(N(c4cccc(-c5ccc6sc7ccccc7c6c5)c4)c4cccc(-c5cccc6c(-c7ccc(-c8ccc(-c9ccc(N(c%10cccc(-c%11ccc%12c(c%11)sc%11ccccc%11%12)c%10)c%10cccc(-c%11cccc%12ccccc%11%12)c%10)cc9)cc8)cc7)cccc56)c4)cc3)cc2)cc1. The normalized spacial score (nSPS) is 11.5. The molecule has 0 saturated heterocycles. The number of hydrogen-bond donors (Lipinski definition) is 0. The molecule has 108 heavy (non-hydrogen) atoms. The molecule has 0 N–H and O–H groups in total. The summed E-state index contributed by atoms with van der Waals surface area (Å²) in [5.41, 5.74) is 27.8. The lowest BCUT2D eigenvalue weighted by Gasteiger charge is -2.27. The zero-order valence-corrected chi connectivity index (χ0v) is 60.6. The number of nitrogens with zero attached hydrogens (tertiary/aromatic N) is 2. The van der Waals surface area contributed by atoms with Crippen molar-refractivity contribution in [3.8, 4) is 100 Å². The Bertz CT molecular complexity index is 6770. The van der Waals surface area contributed by atoms with Crippen LogP contribution >= 0.6 is 22.7 Å². The lowest BCUT2D eigenvalue weighted by Crippen LogP contribution is -2.10. The third kappa shape index (κ3) is 12.1. The highest BCUT2D eigenvalue weighted by Gasteiger charge is 2.21. The Morgan fingerprint density at radius 3 is 0.954 bits per heavy atom. The number of hydrogen-bond acceptors (Lipinski definition) is 4. The molecule has 0 aliphatic rings. The van der Waals surface area contributed by atoms with E-state index in [0.29, 0.717) is 0 Å². The molecular weight excluding hydrogens is 1340 g/mol. The van der Waals surface area contributed by atoms with Crippen LogP contribution in [0.3, 0.4) is 0 Å². The van der Waals surface area contributed by atoms with Crippen molar-refractivity contribution < 1.29 is 0 Å². The van der Waals surface area contributed by atoms with E-state index in [0.717, 1.165) is 50.8 Å². The minimum absolute atomic E-state index is 1.08. The van der Waals surface area contributed by atoms with Crippen LogP contribution in [0.4, 0.5) is 34.1 Å². The van der Waals surface area contributed by atoms with Gasteiger partial charge >= 0.3 is 0 Å². The highest BCUT2D eigenvalue weighted by Crippen LogP contribution is 2.46. The molecule has 0 spiro atoms. The third-order valence-corrected chi connectivity index (χ3v) is 23.8. The fraction of sp³-hybridized carbons (Fsp3) is 0. The summed E-state index contributed by atoms with van der Waals surface area (Å²) in [6.45, 7) is 0. The molecule has 20 rings (SSSR count). The first-order valence-corrected chi connectivity index (χ1v) is 38.5. The molecular formula is C104H68N2S2. The Labute approximate surface area is 636 Å². The van der Waals surface area contributed by atoms with E-state index in [4.69, 9.17) is 0 Å². The number of thiophene rings is 2. The van der Waals surface area contributed by atoms with Crippen LogP contribution in [0, 0.1) is 0 Å². The van der Waals surface area contributed by atoms with Gasteiger partial charge in [0.05, 0.1) is 0 Å². The maximum absolute atomic E-state index is 2.41. The van der Waals surface area contributed by atoms with Gasteiger partial charge in [-0.1, -0.05) is 309 Å². The second-order valence-electron chi connectivity index (χ2n) is 27.9. The first-order chi connectivity index (χ1) is 53.5. The number of fused-ring (bicyclic) bond motifs is 8. The fourth-order valence-electron chi connectivity index (χ4n) is 16.1. The first kappa shape index (κ1) is 64.1. The maximum Gasteiger partial charge on any atom is 0.0467 e. The summed E-state index contributed by atoms with van der Waals surface area (Å²) in [6.07, 6.45) is 0. The average molecular weight is 1410 g/mol. The van der Waals surface area contributed by atoms with Gasteiger partial charge in [-0.3, -0.25) is 0 Å². The van der Waals surface area contributed by atoms with Gasteiger partial charge < -0.3 is 9.80 Å². The van der Waals surface area contributed by atoms with E-state index >= 15 is 0 Å². The van der Waals surface area contributed by atoms with Crippen molar-refractivity contribution in [1.29, 1.82) is 0 Å². The minimum atomic E-state index is 1.08. The van der Waals surface area contributed by atoms with Crippen molar-refractivity contribution in [2.24, 2.45) is 0 Å². The van der Waals surface area contributed by atoms with Gasteiger partial charge in [-0.2, -0.15) is 0 Å². The Morgan fingerprint density at radius 2 is 0.435 bits per heavy atom. The molecule has 0 aliphatic carbocycles. The van der Waals surface area contributed by atoms with E-state index < -0.39 is 0 Å². The molecule has 0 aliphatic heterocycles. The van der Waals surface area contributed by atoms with Crippen molar-refractivity contribution in [3.05, 3.63) is 413 Å². The van der Waals surface area contributed by atoms with Gasteiger partial charge in [-0.25, -0.2) is 0 Å². The monoisotopic (exact) mass is 1410 g/mol.